The topological polar surface area (TPSA) is 120 Å². The van der Waals surface area contributed by atoms with Crippen LogP contribution in [0.2, 0.25) is 5.02 Å². The van der Waals surface area contributed by atoms with Crippen LogP contribution in [0.1, 0.15) is 56.2 Å². The number of hydrogen-bond donors (Lipinski definition) is 2. The fourth-order valence-corrected chi connectivity index (χ4v) is 4.73. The van der Waals surface area contributed by atoms with Crippen LogP contribution in [0.4, 0.5) is 36.4 Å². The Labute approximate surface area is 260 Å². The quantitative estimate of drug-likeness (QED) is 0.204. The van der Waals surface area contributed by atoms with Gasteiger partial charge in [-0.2, -0.15) is 35.8 Å². The second-order valence-corrected chi connectivity index (χ2v) is 11.2. The third kappa shape index (κ3) is 6.41. The van der Waals surface area contributed by atoms with E-state index in [1.54, 1.807) is 26.0 Å². The first kappa shape index (κ1) is 32.8. The van der Waals surface area contributed by atoms with Crippen molar-refractivity contribution in [3.63, 3.8) is 0 Å². The van der Waals surface area contributed by atoms with Crippen molar-refractivity contribution in [2.24, 2.45) is 5.92 Å². The number of nitrogens with one attached hydrogen (secondary N) is 2. The number of rotatable bonds is 10. The fourth-order valence-electron chi connectivity index (χ4n) is 4.53. The van der Waals surface area contributed by atoms with Crippen molar-refractivity contribution >= 4 is 29.1 Å². The number of anilines is 1. The van der Waals surface area contributed by atoms with Crippen LogP contribution in [0, 0.1) is 19.8 Å². The smallest absolute Gasteiger partial charge is 0.352 e. The van der Waals surface area contributed by atoms with E-state index in [9.17, 15) is 40.3 Å². The molecule has 2 amide bonds. The molecule has 2 N–H and O–H groups in total. The van der Waals surface area contributed by atoms with E-state index in [2.05, 4.69) is 31.0 Å². The van der Waals surface area contributed by atoms with Gasteiger partial charge in [0.25, 0.3) is 11.8 Å². The van der Waals surface area contributed by atoms with Crippen molar-refractivity contribution in [1.29, 1.82) is 0 Å². The van der Waals surface area contributed by atoms with E-state index in [1.165, 1.54) is 24.4 Å². The predicted molar refractivity (Wildman–Crippen MR) is 149 cm³/mol. The first-order valence-electron chi connectivity index (χ1n) is 13.6. The number of amides is 2. The Balaban J connectivity index is 1.48. The van der Waals surface area contributed by atoms with Gasteiger partial charge in [-0.15, -0.1) is 5.10 Å². The molecule has 0 bridgehead atoms. The standard InChI is InChI=1S/C28H24ClF7N8O2/c1-14-8-15(2)22(18(9-14)24(45)38-11-16-5-6-16)39-25(46)20-10-17(41-44(20)23-19(29)4-3-7-37-23)12-43-13-21(40-42-43)26(30,31)27(32,33)28(34,35)36/h3-4,7-10,13,16H,5-6,11-12H2,1-2H3,(H,38,45)(H,39,46). The molecule has 0 radical (unpaired) electrons. The lowest BCUT2D eigenvalue weighted by Crippen LogP contribution is -2.50. The van der Waals surface area contributed by atoms with Crippen LogP contribution in [0.3, 0.4) is 0 Å². The molecule has 3 heterocycles. The molecule has 1 aliphatic carbocycles. The average Bonchev–Trinajstić information content (AvgIpc) is 3.52. The Bertz CT molecular complexity index is 1800. The summed E-state index contributed by atoms with van der Waals surface area (Å²) in [5, 5.41) is 15.9. The van der Waals surface area contributed by atoms with Gasteiger partial charge in [-0.05, 0) is 68.0 Å². The molecule has 4 aromatic rings. The SMILES string of the molecule is Cc1cc(C)c(NC(=O)c2cc(Cn3cc(C(F)(F)C(F)(F)C(F)(F)F)nn3)nn2-c2ncccc2Cl)c(C(=O)NCC2CC2)c1. The molecular formula is C28H24ClF7N8O2. The molecule has 0 aliphatic heterocycles. The van der Waals surface area contributed by atoms with Crippen molar-refractivity contribution in [2.75, 3.05) is 11.9 Å². The summed E-state index contributed by atoms with van der Waals surface area (Å²) in [5.74, 6) is -13.0. The lowest BCUT2D eigenvalue weighted by atomic mass is 10.0. The van der Waals surface area contributed by atoms with E-state index >= 15 is 0 Å². The van der Waals surface area contributed by atoms with Crippen molar-refractivity contribution in [1.82, 2.24) is 35.1 Å². The Hall–Kier alpha value is -4.54. The van der Waals surface area contributed by atoms with Gasteiger partial charge in [-0.25, -0.2) is 14.3 Å². The first-order chi connectivity index (χ1) is 21.5. The number of hydrogen-bond acceptors (Lipinski definition) is 6. The minimum atomic E-state index is -6.56. The van der Waals surface area contributed by atoms with Gasteiger partial charge in [0.2, 0.25) is 0 Å². The van der Waals surface area contributed by atoms with E-state index in [1.807, 2.05) is 0 Å². The summed E-state index contributed by atoms with van der Waals surface area (Å²) in [5.41, 5.74) is -0.461. The van der Waals surface area contributed by atoms with Crippen LogP contribution in [-0.2, 0) is 12.5 Å². The van der Waals surface area contributed by atoms with Crippen molar-refractivity contribution < 1.29 is 40.3 Å². The number of alkyl halides is 7. The maximum Gasteiger partial charge on any atom is 0.460 e. The second-order valence-electron chi connectivity index (χ2n) is 10.8. The van der Waals surface area contributed by atoms with Crippen LogP contribution in [0.15, 0.2) is 42.7 Å². The third-order valence-electron chi connectivity index (χ3n) is 7.08. The van der Waals surface area contributed by atoms with E-state index in [0.717, 1.165) is 23.1 Å². The molecule has 0 atom stereocenters. The Morgan fingerprint density at radius 2 is 1.76 bits per heavy atom. The number of halogens is 8. The molecule has 5 rings (SSSR count). The van der Waals surface area contributed by atoms with E-state index in [4.69, 9.17) is 11.6 Å². The molecular weight excluding hydrogens is 649 g/mol. The molecule has 46 heavy (non-hydrogen) atoms. The fraction of sp³-hybridized carbons (Fsp3) is 0.357. The van der Waals surface area contributed by atoms with Gasteiger partial charge in [0.1, 0.15) is 5.69 Å². The largest absolute Gasteiger partial charge is 0.460 e. The molecule has 3 aromatic heterocycles. The van der Waals surface area contributed by atoms with Gasteiger partial charge in [0, 0.05) is 12.7 Å². The molecule has 1 fully saturated rings. The van der Waals surface area contributed by atoms with Crippen LogP contribution >= 0.6 is 11.6 Å². The van der Waals surface area contributed by atoms with Crippen LogP contribution in [0.5, 0.6) is 0 Å². The molecule has 244 valence electrons. The van der Waals surface area contributed by atoms with Gasteiger partial charge < -0.3 is 10.6 Å². The monoisotopic (exact) mass is 672 g/mol. The Morgan fingerprint density at radius 1 is 1.04 bits per heavy atom. The summed E-state index contributed by atoms with van der Waals surface area (Å²) < 4.78 is 94.9. The van der Waals surface area contributed by atoms with Crippen LogP contribution in [-0.4, -0.2) is 60.2 Å². The molecule has 0 unspecified atom stereocenters. The summed E-state index contributed by atoms with van der Waals surface area (Å²) in [6, 6.07) is 7.51. The third-order valence-corrected chi connectivity index (χ3v) is 7.37. The van der Waals surface area contributed by atoms with Crippen molar-refractivity contribution in [3.05, 3.63) is 81.5 Å². The number of carbonyl (C=O) groups excluding carboxylic acids is 2. The van der Waals surface area contributed by atoms with Crippen molar-refractivity contribution in [2.45, 2.75) is 51.3 Å². The number of carbonyl (C=O) groups is 2. The zero-order valence-electron chi connectivity index (χ0n) is 24.0. The zero-order valence-corrected chi connectivity index (χ0v) is 24.7. The number of pyridine rings is 1. The minimum absolute atomic E-state index is 0.0285. The average molecular weight is 673 g/mol. The Morgan fingerprint density at radius 3 is 2.41 bits per heavy atom. The molecule has 0 spiro atoms. The highest BCUT2D eigenvalue weighted by atomic mass is 35.5. The summed E-state index contributed by atoms with van der Waals surface area (Å²) in [4.78, 5) is 30.9. The highest BCUT2D eigenvalue weighted by Gasteiger charge is 2.74. The first-order valence-corrected chi connectivity index (χ1v) is 14.0. The molecule has 1 aromatic carbocycles. The number of aryl methyl sites for hydroxylation is 2. The molecule has 10 nitrogen and oxygen atoms in total. The zero-order chi connectivity index (χ0) is 33.6. The lowest BCUT2D eigenvalue weighted by Gasteiger charge is -2.26. The van der Waals surface area contributed by atoms with Gasteiger partial charge >= 0.3 is 18.0 Å². The van der Waals surface area contributed by atoms with Crippen LogP contribution < -0.4 is 10.6 Å². The highest BCUT2D eigenvalue weighted by molar-refractivity contribution is 6.32. The maximum absolute atomic E-state index is 14.2. The highest BCUT2D eigenvalue weighted by Crippen LogP contribution is 2.51. The van der Waals surface area contributed by atoms with Gasteiger partial charge in [0.15, 0.2) is 11.5 Å². The molecule has 18 heteroatoms. The molecule has 0 saturated heterocycles. The number of nitrogens with zero attached hydrogens (tertiary/aromatic N) is 6. The van der Waals surface area contributed by atoms with Gasteiger partial charge in [-0.1, -0.05) is 22.9 Å². The molecule has 1 saturated carbocycles. The second kappa shape index (κ2) is 12.0. The minimum Gasteiger partial charge on any atom is -0.352 e. The van der Waals surface area contributed by atoms with Crippen LogP contribution in [0.25, 0.3) is 5.82 Å². The molecule has 1 aliphatic rings. The van der Waals surface area contributed by atoms with E-state index < -0.39 is 42.1 Å². The van der Waals surface area contributed by atoms with Gasteiger partial charge in [0.05, 0.1) is 34.7 Å². The summed E-state index contributed by atoms with van der Waals surface area (Å²) in [6.45, 7) is 3.38. The lowest BCUT2D eigenvalue weighted by molar-refractivity contribution is -0.360. The predicted octanol–water partition coefficient (Wildman–Crippen LogP) is 5.86. The van der Waals surface area contributed by atoms with Gasteiger partial charge in [-0.3, -0.25) is 9.59 Å². The number of aromatic nitrogens is 6. The van der Waals surface area contributed by atoms with E-state index in [0.29, 0.717) is 22.7 Å². The Kier molecular flexibility index (Phi) is 8.57. The maximum atomic E-state index is 14.2. The summed E-state index contributed by atoms with van der Waals surface area (Å²) in [6.07, 6.45) is -2.97. The summed E-state index contributed by atoms with van der Waals surface area (Å²) >= 11 is 6.29. The summed E-state index contributed by atoms with van der Waals surface area (Å²) in [7, 11) is 0. The van der Waals surface area contributed by atoms with E-state index in [-0.39, 0.29) is 39.7 Å². The normalized spacial score (nSPS) is 14.0. The number of benzene rings is 1. The van der Waals surface area contributed by atoms with Crippen molar-refractivity contribution in [3.8, 4) is 5.82 Å².